The van der Waals surface area contributed by atoms with E-state index in [9.17, 15) is 0 Å². The van der Waals surface area contributed by atoms with Crippen LogP contribution in [0.2, 0.25) is 0 Å². The first-order chi connectivity index (χ1) is 6.12. The molecule has 0 bridgehead atoms. The van der Waals surface area contributed by atoms with Gasteiger partial charge in [-0.3, -0.25) is 0 Å². The van der Waals surface area contributed by atoms with Crippen molar-refractivity contribution in [1.29, 1.82) is 0 Å². The first kappa shape index (κ1) is 13.9. The van der Waals surface area contributed by atoms with E-state index in [1.807, 2.05) is 0 Å². The smallest absolute Gasteiger partial charge is 0.0130 e. The highest BCUT2D eigenvalue weighted by molar-refractivity contribution is 4.83. The number of nitrogens with one attached hydrogen (secondary N) is 1. The zero-order chi connectivity index (χ0) is 11.4. The predicted molar refractivity (Wildman–Crippen MR) is 64.4 cm³/mol. The van der Waals surface area contributed by atoms with Crippen LogP contribution in [0.5, 0.6) is 0 Å². The van der Waals surface area contributed by atoms with Gasteiger partial charge in [0.1, 0.15) is 0 Å². The molecular weight excluding hydrogens is 172 g/mol. The summed E-state index contributed by atoms with van der Waals surface area (Å²) in [5.74, 6) is 0. The van der Waals surface area contributed by atoms with Crippen molar-refractivity contribution in [2.45, 2.75) is 66.0 Å². The largest absolute Gasteiger partial charge is 0.328 e. The van der Waals surface area contributed by atoms with Crippen LogP contribution in [0.25, 0.3) is 0 Å². The molecule has 0 aliphatic heterocycles. The second kappa shape index (κ2) is 5.13. The van der Waals surface area contributed by atoms with Gasteiger partial charge in [0.05, 0.1) is 0 Å². The molecule has 0 rings (SSSR count). The summed E-state index contributed by atoms with van der Waals surface area (Å²) in [5, 5.41) is 3.57. The van der Waals surface area contributed by atoms with Gasteiger partial charge in [0, 0.05) is 11.6 Å². The summed E-state index contributed by atoms with van der Waals surface area (Å²) in [6, 6.07) is 0.299. The van der Waals surface area contributed by atoms with Crippen molar-refractivity contribution >= 4 is 0 Å². The molecule has 2 heteroatoms. The topological polar surface area (TPSA) is 38.0 Å². The molecule has 1 atom stereocenters. The molecule has 2 nitrogen and oxygen atoms in total. The number of hydrogen-bond donors (Lipinski definition) is 2. The van der Waals surface area contributed by atoms with Crippen LogP contribution in [-0.2, 0) is 0 Å². The fourth-order valence-electron chi connectivity index (χ4n) is 2.03. The summed E-state index contributed by atoms with van der Waals surface area (Å²) in [7, 11) is 0. The average molecular weight is 200 g/mol. The van der Waals surface area contributed by atoms with Gasteiger partial charge in [-0.25, -0.2) is 0 Å². The molecule has 0 radical (unpaired) electrons. The first-order valence-corrected chi connectivity index (χ1v) is 5.63. The molecule has 14 heavy (non-hydrogen) atoms. The summed E-state index contributed by atoms with van der Waals surface area (Å²) in [4.78, 5) is 0. The van der Waals surface area contributed by atoms with E-state index >= 15 is 0 Å². The number of rotatable bonds is 5. The lowest BCUT2D eigenvalue weighted by Gasteiger charge is -2.33. The van der Waals surface area contributed by atoms with Gasteiger partial charge in [-0.05, 0) is 45.6 Å². The van der Waals surface area contributed by atoms with E-state index in [1.165, 1.54) is 6.42 Å². The second-order valence-corrected chi connectivity index (χ2v) is 6.31. The molecule has 0 aliphatic rings. The summed E-state index contributed by atoms with van der Waals surface area (Å²) < 4.78 is 0. The van der Waals surface area contributed by atoms with Crippen LogP contribution in [0.4, 0.5) is 0 Å². The molecule has 0 saturated heterocycles. The van der Waals surface area contributed by atoms with Crippen LogP contribution >= 0.6 is 0 Å². The molecule has 0 amide bonds. The molecule has 86 valence electrons. The maximum Gasteiger partial charge on any atom is 0.0130 e. The lowest BCUT2D eigenvalue weighted by molar-refractivity contribution is 0.241. The van der Waals surface area contributed by atoms with E-state index < -0.39 is 0 Å². The average Bonchev–Trinajstić information content (AvgIpc) is 1.78. The Balaban J connectivity index is 3.84. The third-order valence-electron chi connectivity index (χ3n) is 2.18. The number of hydrogen-bond acceptors (Lipinski definition) is 2. The molecule has 0 heterocycles. The van der Waals surface area contributed by atoms with Crippen molar-refractivity contribution in [1.82, 2.24) is 5.32 Å². The fraction of sp³-hybridized carbons (Fsp3) is 1.00. The Morgan fingerprint density at radius 3 is 2.00 bits per heavy atom. The molecule has 1 unspecified atom stereocenters. The Morgan fingerprint density at radius 2 is 1.64 bits per heavy atom. The normalized spacial score (nSPS) is 15.6. The lowest BCUT2D eigenvalue weighted by atomic mass is 9.82. The zero-order valence-corrected chi connectivity index (χ0v) is 10.8. The third-order valence-corrected chi connectivity index (χ3v) is 2.18. The van der Waals surface area contributed by atoms with Gasteiger partial charge in [0.15, 0.2) is 0 Å². The van der Waals surface area contributed by atoms with Gasteiger partial charge in [-0.15, -0.1) is 0 Å². The van der Waals surface area contributed by atoms with Gasteiger partial charge >= 0.3 is 0 Å². The first-order valence-electron chi connectivity index (χ1n) is 5.63. The summed E-state index contributed by atoms with van der Waals surface area (Å²) in [6.45, 7) is 14.4. The minimum atomic E-state index is 0.215. The van der Waals surface area contributed by atoms with Gasteiger partial charge in [-0.1, -0.05) is 20.8 Å². The molecule has 0 spiro atoms. The maximum absolute atomic E-state index is 5.71. The maximum atomic E-state index is 5.71. The van der Waals surface area contributed by atoms with Gasteiger partial charge < -0.3 is 11.1 Å². The minimum absolute atomic E-state index is 0.215. The molecule has 0 aromatic heterocycles. The monoisotopic (exact) mass is 200 g/mol. The standard InChI is InChI=1S/C12H28N2/c1-10(13)7-8-14-12(5,6)9-11(2,3)4/h10,14H,7-9,13H2,1-6H3. The molecular formula is C12H28N2. The van der Waals surface area contributed by atoms with Crippen molar-refractivity contribution in [3.8, 4) is 0 Å². The van der Waals surface area contributed by atoms with Crippen molar-refractivity contribution in [2.24, 2.45) is 11.1 Å². The highest BCUT2D eigenvalue weighted by Crippen LogP contribution is 2.26. The summed E-state index contributed by atoms with van der Waals surface area (Å²) >= 11 is 0. The van der Waals surface area contributed by atoms with Crippen LogP contribution in [0, 0.1) is 5.41 Å². The van der Waals surface area contributed by atoms with Gasteiger partial charge in [0.2, 0.25) is 0 Å². The number of nitrogens with two attached hydrogens (primary N) is 1. The Kier molecular flexibility index (Phi) is 5.10. The lowest BCUT2D eigenvalue weighted by Crippen LogP contribution is -2.43. The Bertz CT molecular complexity index is 154. The van der Waals surface area contributed by atoms with E-state index in [0.29, 0.717) is 11.5 Å². The minimum Gasteiger partial charge on any atom is -0.328 e. The highest BCUT2D eigenvalue weighted by atomic mass is 15.0. The van der Waals surface area contributed by atoms with Crippen molar-refractivity contribution < 1.29 is 0 Å². The van der Waals surface area contributed by atoms with Crippen molar-refractivity contribution in [3.05, 3.63) is 0 Å². The second-order valence-electron chi connectivity index (χ2n) is 6.31. The quantitative estimate of drug-likeness (QED) is 0.715. The van der Waals surface area contributed by atoms with Crippen LogP contribution in [-0.4, -0.2) is 18.1 Å². The molecule has 0 aromatic carbocycles. The molecule has 0 aliphatic carbocycles. The molecule has 0 aromatic rings. The van der Waals surface area contributed by atoms with E-state index in [-0.39, 0.29) is 5.54 Å². The Labute approximate surface area is 89.6 Å². The molecule has 0 fully saturated rings. The van der Waals surface area contributed by atoms with Crippen LogP contribution in [0.3, 0.4) is 0 Å². The van der Waals surface area contributed by atoms with Gasteiger partial charge in [0.25, 0.3) is 0 Å². The molecule has 3 N–H and O–H groups in total. The van der Waals surface area contributed by atoms with Crippen LogP contribution in [0.15, 0.2) is 0 Å². The van der Waals surface area contributed by atoms with E-state index in [4.69, 9.17) is 5.73 Å². The molecule has 0 saturated carbocycles. The van der Waals surface area contributed by atoms with Crippen molar-refractivity contribution in [2.75, 3.05) is 6.54 Å². The zero-order valence-electron chi connectivity index (χ0n) is 10.8. The van der Waals surface area contributed by atoms with Crippen LogP contribution in [0.1, 0.15) is 54.4 Å². The predicted octanol–water partition coefficient (Wildman–Crippen LogP) is 2.53. The van der Waals surface area contributed by atoms with Gasteiger partial charge in [-0.2, -0.15) is 0 Å². The van der Waals surface area contributed by atoms with E-state index in [1.54, 1.807) is 0 Å². The third kappa shape index (κ3) is 8.52. The summed E-state index contributed by atoms with van der Waals surface area (Å²) in [6.07, 6.45) is 2.23. The fourth-order valence-corrected chi connectivity index (χ4v) is 2.03. The van der Waals surface area contributed by atoms with E-state index in [0.717, 1.165) is 13.0 Å². The van der Waals surface area contributed by atoms with Crippen LogP contribution < -0.4 is 11.1 Å². The van der Waals surface area contributed by atoms with Crippen molar-refractivity contribution in [3.63, 3.8) is 0 Å². The Hall–Kier alpha value is -0.0800. The Morgan fingerprint density at radius 1 is 1.14 bits per heavy atom. The summed E-state index contributed by atoms with van der Waals surface area (Å²) in [5.41, 5.74) is 6.30. The highest BCUT2D eigenvalue weighted by Gasteiger charge is 2.24. The van der Waals surface area contributed by atoms with E-state index in [2.05, 4.69) is 46.9 Å². The SMILES string of the molecule is CC(N)CCNC(C)(C)CC(C)(C)C.